The van der Waals surface area contributed by atoms with Gasteiger partial charge in [-0.25, -0.2) is 4.79 Å². The molecule has 0 spiro atoms. The van der Waals surface area contributed by atoms with Gasteiger partial charge in [-0.2, -0.15) is 0 Å². The first-order chi connectivity index (χ1) is 11.3. The van der Waals surface area contributed by atoms with Gasteiger partial charge in [0.15, 0.2) is 0 Å². The van der Waals surface area contributed by atoms with Crippen LogP contribution in [-0.4, -0.2) is 28.9 Å². The van der Waals surface area contributed by atoms with Crippen molar-refractivity contribution in [2.45, 2.75) is 46.1 Å². The van der Waals surface area contributed by atoms with E-state index in [1.165, 1.54) is 12.1 Å². The molecule has 132 valence electrons. The van der Waals surface area contributed by atoms with Gasteiger partial charge in [-0.3, -0.25) is 9.59 Å². The van der Waals surface area contributed by atoms with Crippen molar-refractivity contribution in [1.29, 1.82) is 0 Å². The Balaban J connectivity index is 2.92. The van der Waals surface area contributed by atoms with Crippen LogP contribution in [0.5, 0.6) is 0 Å². The maximum Gasteiger partial charge on any atom is 0.326 e. The number of rotatable bonds is 8. The zero-order valence-electron chi connectivity index (χ0n) is 14.1. The highest BCUT2D eigenvalue weighted by Gasteiger charge is 2.21. The van der Waals surface area contributed by atoms with Crippen LogP contribution in [0.3, 0.4) is 0 Å². The second-order valence-electron chi connectivity index (χ2n) is 5.85. The van der Waals surface area contributed by atoms with Gasteiger partial charge in [0.1, 0.15) is 6.04 Å². The molecule has 0 heterocycles. The van der Waals surface area contributed by atoms with Gasteiger partial charge in [-0.05, 0) is 24.6 Å². The smallest absolute Gasteiger partial charge is 0.326 e. The number of benzene rings is 1. The van der Waals surface area contributed by atoms with Gasteiger partial charge in [0, 0.05) is 11.6 Å². The number of unbranched alkanes of at least 4 members (excludes halogenated alkanes) is 1. The topological polar surface area (TPSA) is 95.5 Å². The van der Waals surface area contributed by atoms with E-state index in [-0.39, 0.29) is 22.4 Å². The van der Waals surface area contributed by atoms with Crippen LogP contribution in [0.4, 0.5) is 5.69 Å². The molecule has 0 aromatic heterocycles. The summed E-state index contributed by atoms with van der Waals surface area (Å²) in [6, 6.07) is 3.55. The third-order valence-electron chi connectivity index (χ3n) is 3.45. The molecule has 0 fully saturated rings. The van der Waals surface area contributed by atoms with E-state index in [1.807, 2.05) is 6.92 Å². The number of hydrogen-bond donors (Lipinski definition) is 3. The summed E-state index contributed by atoms with van der Waals surface area (Å²) < 4.78 is 0. The van der Waals surface area contributed by atoms with Crippen LogP contribution in [0.25, 0.3) is 0 Å². The van der Waals surface area contributed by atoms with Crippen LogP contribution in [0.1, 0.15) is 50.4 Å². The first kappa shape index (κ1) is 20.0. The Bertz CT molecular complexity index is 617. The highest BCUT2D eigenvalue weighted by Crippen LogP contribution is 2.21. The Labute approximate surface area is 146 Å². The van der Waals surface area contributed by atoms with Crippen molar-refractivity contribution in [3.8, 4) is 0 Å². The minimum Gasteiger partial charge on any atom is -0.480 e. The predicted octanol–water partition coefficient (Wildman–Crippen LogP) is 3.31. The molecule has 2 amide bonds. The fourth-order valence-electron chi connectivity index (χ4n) is 1.97. The normalized spacial score (nSPS) is 11.9. The Morgan fingerprint density at radius 2 is 1.92 bits per heavy atom. The summed E-state index contributed by atoms with van der Waals surface area (Å²) in [7, 11) is 0. The second kappa shape index (κ2) is 9.27. The largest absolute Gasteiger partial charge is 0.480 e. The average molecular weight is 355 g/mol. The number of nitrogens with one attached hydrogen (secondary N) is 2. The monoisotopic (exact) mass is 354 g/mol. The first-order valence-electron chi connectivity index (χ1n) is 7.90. The molecule has 0 aliphatic carbocycles. The van der Waals surface area contributed by atoms with E-state index in [0.717, 1.165) is 6.42 Å². The fraction of sp³-hybridized carbons (Fsp3) is 0.471. The lowest BCUT2D eigenvalue weighted by Gasteiger charge is -2.15. The van der Waals surface area contributed by atoms with Crippen molar-refractivity contribution in [2.24, 2.45) is 5.92 Å². The van der Waals surface area contributed by atoms with Gasteiger partial charge in [-0.15, -0.1) is 0 Å². The number of carboxylic acids is 1. The van der Waals surface area contributed by atoms with Crippen LogP contribution in [0.2, 0.25) is 5.02 Å². The molecule has 1 aromatic rings. The molecule has 24 heavy (non-hydrogen) atoms. The fourth-order valence-corrected chi connectivity index (χ4v) is 2.17. The Morgan fingerprint density at radius 3 is 2.46 bits per heavy atom. The quantitative estimate of drug-likeness (QED) is 0.667. The Kier molecular flexibility index (Phi) is 7.71. The molecule has 3 N–H and O–H groups in total. The molecule has 6 nitrogen and oxygen atoms in total. The number of amides is 2. The predicted molar refractivity (Wildman–Crippen MR) is 93.3 cm³/mol. The third kappa shape index (κ3) is 5.85. The van der Waals surface area contributed by atoms with Gasteiger partial charge in [0.05, 0.1) is 10.6 Å². The van der Waals surface area contributed by atoms with Gasteiger partial charge >= 0.3 is 5.97 Å². The molecule has 0 saturated heterocycles. The summed E-state index contributed by atoms with van der Waals surface area (Å²) in [5.74, 6) is -2.06. The summed E-state index contributed by atoms with van der Waals surface area (Å²) in [5, 5.41) is 14.5. The van der Waals surface area contributed by atoms with Crippen LogP contribution in [-0.2, 0) is 9.59 Å². The summed E-state index contributed by atoms with van der Waals surface area (Å²) in [6.45, 7) is 5.45. The number of carbonyl (C=O) groups excluding carboxylic acids is 2. The van der Waals surface area contributed by atoms with Crippen molar-refractivity contribution < 1.29 is 19.5 Å². The van der Waals surface area contributed by atoms with Gasteiger partial charge in [-0.1, -0.05) is 45.2 Å². The van der Waals surface area contributed by atoms with Crippen molar-refractivity contribution in [3.05, 3.63) is 28.8 Å². The summed E-state index contributed by atoms with van der Waals surface area (Å²) >= 11 is 6.04. The van der Waals surface area contributed by atoms with Crippen molar-refractivity contribution in [1.82, 2.24) is 5.32 Å². The molecule has 0 bridgehead atoms. The molecule has 0 radical (unpaired) electrons. The molecule has 1 aromatic carbocycles. The van der Waals surface area contributed by atoms with Crippen molar-refractivity contribution >= 4 is 35.1 Å². The molecule has 0 aliphatic rings. The maximum atomic E-state index is 12.3. The van der Waals surface area contributed by atoms with Crippen molar-refractivity contribution in [2.75, 3.05) is 5.32 Å². The molecule has 1 rings (SSSR count). The SMILES string of the molecule is CCCCC(NC(=O)c1cc(NC(=O)C(C)C)ccc1Cl)C(=O)O. The Morgan fingerprint density at radius 1 is 1.25 bits per heavy atom. The first-order valence-corrected chi connectivity index (χ1v) is 8.28. The van der Waals surface area contributed by atoms with E-state index in [4.69, 9.17) is 11.6 Å². The minimum absolute atomic E-state index is 0.126. The lowest BCUT2D eigenvalue weighted by Crippen LogP contribution is -2.40. The maximum absolute atomic E-state index is 12.3. The molecule has 0 saturated carbocycles. The summed E-state index contributed by atoms with van der Waals surface area (Å²) in [4.78, 5) is 35.3. The molecule has 7 heteroatoms. The van der Waals surface area contributed by atoms with Gasteiger partial charge in [0.25, 0.3) is 5.91 Å². The van der Waals surface area contributed by atoms with Crippen LogP contribution >= 0.6 is 11.6 Å². The molecular weight excluding hydrogens is 332 g/mol. The molecular formula is C17H23ClN2O4. The standard InChI is InChI=1S/C17H23ClN2O4/c1-4-5-6-14(17(23)24)20-16(22)12-9-11(7-8-13(12)18)19-15(21)10(2)3/h7-10,14H,4-6H2,1-3H3,(H,19,21)(H,20,22)(H,23,24). The molecule has 0 aliphatic heterocycles. The van der Waals surface area contributed by atoms with Crippen LogP contribution < -0.4 is 10.6 Å². The van der Waals surface area contributed by atoms with Crippen LogP contribution in [0, 0.1) is 5.92 Å². The zero-order valence-corrected chi connectivity index (χ0v) is 14.8. The van der Waals surface area contributed by atoms with E-state index < -0.39 is 17.9 Å². The lowest BCUT2D eigenvalue weighted by atomic mass is 10.1. The molecule has 1 atom stereocenters. The minimum atomic E-state index is -1.09. The average Bonchev–Trinajstić information content (AvgIpc) is 2.52. The number of carboxylic acid groups (broad SMARTS) is 1. The van der Waals surface area contributed by atoms with E-state index in [9.17, 15) is 19.5 Å². The van der Waals surface area contributed by atoms with E-state index in [2.05, 4.69) is 10.6 Å². The highest BCUT2D eigenvalue weighted by molar-refractivity contribution is 6.34. The Hall–Kier alpha value is -2.08. The second-order valence-corrected chi connectivity index (χ2v) is 6.25. The number of aliphatic carboxylic acids is 1. The zero-order chi connectivity index (χ0) is 18.3. The van der Waals surface area contributed by atoms with Crippen molar-refractivity contribution in [3.63, 3.8) is 0 Å². The van der Waals surface area contributed by atoms with E-state index in [1.54, 1.807) is 19.9 Å². The number of carbonyl (C=O) groups is 3. The van der Waals surface area contributed by atoms with E-state index in [0.29, 0.717) is 18.5 Å². The molecule has 1 unspecified atom stereocenters. The summed E-state index contributed by atoms with van der Waals surface area (Å²) in [5.41, 5.74) is 0.560. The summed E-state index contributed by atoms with van der Waals surface area (Å²) in [6.07, 6.45) is 1.87. The lowest BCUT2D eigenvalue weighted by molar-refractivity contribution is -0.139. The van der Waals surface area contributed by atoms with Gasteiger partial charge in [0.2, 0.25) is 5.91 Å². The number of hydrogen-bond acceptors (Lipinski definition) is 3. The van der Waals surface area contributed by atoms with Crippen LogP contribution in [0.15, 0.2) is 18.2 Å². The van der Waals surface area contributed by atoms with Gasteiger partial charge < -0.3 is 15.7 Å². The third-order valence-corrected chi connectivity index (χ3v) is 3.78. The number of halogens is 1. The van der Waals surface area contributed by atoms with E-state index >= 15 is 0 Å². The number of anilines is 1. The highest BCUT2D eigenvalue weighted by atomic mass is 35.5.